The standard InChI is InChI=1S/C7H6F3O.V/c1-6(11-2)4-3-5-7(8,9)10;/h1,3-4H,2H3;/q-1;. The van der Waals surface area contributed by atoms with Crippen LogP contribution in [-0.4, -0.2) is 17.5 Å². The van der Waals surface area contributed by atoms with E-state index >= 15 is 0 Å². The molecule has 0 aromatic heterocycles. The summed E-state index contributed by atoms with van der Waals surface area (Å²) in [6.07, 6.45) is -2.45. The summed E-state index contributed by atoms with van der Waals surface area (Å²) in [6.45, 7) is 5.08. The molecule has 0 N–H and O–H groups in total. The van der Waals surface area contributed by atoms with E-state index in [0.29, 0.717) is 0 Å². The summed E-state index contributed by atoms with van der Waals surface area (Å²) in [7, 11) is 1.28. The van der Waals surface area contributed by atoms with E-state index in [-0.39, 0.29) is 5.76 Å². The van der Waals surface area contributed by atoms with Crippen LogP contribution >= 0.6 is 0 Å². The van der Waals surface area contributed by atoms with Gasteiger partial charge in [0.25, 0.3) is 0 Å². The van der Waals surface area contributed by atoms with Crippen molar-refractivity contribution in [1.29, 1.82) is 0 Å². The number of rotatable bonds is 3. The SMILES string of the molecule is [CH-]=C(C=C[C](=[V])C(F)(F)F)OC. The molecule has 0 heterocycles. The first-order valence-electron chi connectivity index (χ1n) is 2.85. The Bertz CT molecular complexity index is 217. The van der Waals surface area contributed by atoms with Gasteiger partial charge in [0.15, 0.2) is 0 Å². The fourth-order valence-electron chi connectivity index (χ4n) is 0.324. The molecule has 0 atom stereocenters. The molecule has 0 rings (SSSR count). The van der Waals surface area contributed by atoms with Crippen LogP contribution < -0.4 is 0 Å². The Morgan fingerprint density at radius 1 is 1.42 bits per heavy atom. The third-order valence-corrected chi connectivity index (χ3v) is 1.56. The number of alkyl halides is 3. The third-order valence-electron chi connectivity index (χ3n) is 0.932. The normalized spacial score (nSPS) is 11.6. The molecule has 0 radical (unpaired) electrons. The molecule has 0 fully saturated rings. The van der Waals surface area contributed by atoms with Crippen LogP contribution in [0.3, 0.4) is 0 Å². The fourth-order valence-corrected chi connectivity index (χ4v) is 0.440. The Balaban J connectivity index is 4.19. The van der Waals surface area contributed by atoms with Gasteiger partial charge in [-0.1, -0.05) is 0 Å². The first-order valence-corrected chi connectivity index (χ1v) is 3.55. The maximum absolute atomic E-state index is 11.8. The first kappa shape index (κ1) is 11.5. The predicted octanol–water partition coefficient (Wildman–Crippen LogP) is 1.79. The van der Waals surface area contributed by atoms with Crippen molar-refractivity contribution in [3.8, 4) is 0 Å². The van der Waals surface area contributed by atoms with E-state index in [0.717, 1.165) is 12.2 Å². The molecular formula is C7H6F3OV-. The van der Waals surface area contributed by atoms with Crippen LogP contribution in [0.25, 0.3) is 0 Å². The molecule has 0 aromatic rings. The van der Waals surface area contributed by atoms with E-state index < -0.39 is 10.4 Å². The van der Waals surface area contributed by atoms with Gasteiger partial charge in [0.05, 0.1) is 0 Å². The van der Waals surface area contributed by atoms with Crippen LogP contribution in [0.2, 0.25) is 0 Å². The molecule has 0 aliphatic rings. The van der Waals surface area contributed by atoms with Crippen molar-refractivity contribution in [2.75, 3.05) is 7.11 Å². The van der Waals surface area contributed by atoms with Crippen LogP contribution in [0.5, 0.6) is 0 Å². The molecule has 0 aliphatic heterocycles. The van der Waals surface area contributed by atoms with Gasteiger partial charge in [-0.15, -0.1) is 0 Å². The zero-order valence-corrected chi connectivity index (χ0v) is 7.62. The molecule has 12 heavy (non-hydrogen) atoms. The van der Waals surface area contributed by atoms with Gasteiger partial charge in [-0.3, -0.25) is 0 Å². The quantitative estimate of drug-likeness (QED) is 0.395. The Kier molecular flexibility index (Phi) is 4.35. The maximum atomic E-state index is 11.8. The summed E-state index contributed by atoms with van der Waals surface area (Å²) in [5, 5.41) is 0. The van der Waals surface area contributed by atoms with Gasteiger partial charge in [0.1, 0.15) is 0 Å². The molecule has 5 heteroatoms. The summed E-state index contributed by atoms with van der Waals surface area (Å²) in [4.78, 5) is 0. The molecule has 0 saturated heterocycles. The number of halogens is 3. The fraction of sp³-hybridized carbons (Fsp3) is 0.286. The topological polar surface area (TPSA) is 9.23 Å². The van der Waals surface area contributed by atoms with Crippen molar-refractivity contribution in [1.82, 2.24) is 0 Å². The Morgan fingerprint density at radius 2 is 1.92 bits per heavy atom. The number of ether oxygens (including phenoxy) is 1. The average molecular weight is 214 g/mol. The second kappa shape index (κ2) is 4.53. The molecule has 67 valence electrons. The predicted molar refractivity (Wildman–Crippen MR) is 35.0 cm³/mol. The van der Waals surface area contributed by atoms with Crippen molar-refractivity contribution >= 4 is 4.23 Å². The summed E-state index contributed by atoms with van der Waals surface area (Å²) >= 11 is 1.42. The number of hydrogen-bond acceptors (Lipinski definition) is 1. The van der Waals surface area contributed by atoms with Gasteiger partial charge in [-0.25, -0.2) is 0 Å². The second-order valence-electron chi connectivity index (χ2n) is 1.82. The van der Waals surface area contributed by atoms with Crippen LogP contribution in [0.15, 0.2) is 17.9 Å². The second-order valence-corrected chi connectivity index (χ2v) is 2.58. The molecule has 0 saturated carbocycles. The molecule has 0 unspecified atom stereocenters. The average Bonchev–Trinajstić information content (AvgIpc) is 1.97. The van der Waals surface area contributed by atoms with Gasteiger partial charge in [-0.05, 0) is 0 Å². The van der Waals surface area contributed by atoms with Gasteiger partial charge in [-0.2, -0.15) is 0 Å². The van der Waals surface area contributed by atoms with Gasteiger partial charge >= 0.3 is 76.9 Å². The van der Waals surface area contributed by atoms with Crippen molar-refractivity contribution in [3.63, 3.8) is 0 Å². The van der Waals surface area contributed by atoms with E-state index in [4.69, 9.17) is 6.58 Å². The minimum absolute atomic E-state index is 0.0669. The molecule has 0 amide bonds. The van der Waals surface area contributed by atoms with Crippen molar-refractivity contribution in [2.24, 2.45) is 0 Å². The van der Waals surface area contributed by atoms with Crippen molar-refractivity contribution in [2.45, 2.75) is 6.18 Å². The number of hydrogen-bond donors (Lipinski definition) is 0. The van der Waals surface area contributed by atoms with Crippen LogP contribution in [0.4, 0.5) is 13.2 Å². The minimum atomic E-state index is -4.33. The first-order chi connectivity index (χ1) is 5.38. The Morgan fingerprint density at radius 3 is 2.25 bits per heavy atom. The molecule has 1 nitrogen and oxygen atoms in total. The van der Waals surface area contributed by atoms with Crippen LogP contribution in [0.1, 0.15) is 0 Å². The molecule has 0 aliphatic carbocycles. The van der Waals surface area contributed by atoms with Crippen molar-refractivity contribution in [3.05, 3.63) is 24.5 Å². The van der Waals surface area contributed by atoms with Crippen molar-refractivity contribution < 1.29 is 34.9 Å². The van der Waals surface area contributed by atoms with E-state index in [1.807, 2.05) is 0 Å². The van der Waals surface area contributed by atoms with Crippen LogP contribution in [0, 0.1) is 6.58 Å². The third kappa shape index (κ3) is 4.41. The summed E-state index contributed by atoms with van der Waals surface area (Å²) < 4.78 is 39.1. The van der Waals surface area contributed by atoms with Gasteiger partial charge in [0.2, 0.25) is 0 Å². The van der Waals surface area contributed by atoms with E-state index in [9.17, 15) is 13.2 Å². The molecule has 0 spiro atoms. The van der Waals surface area contributed by atoms with Gasteiger partial charge < -0.3 is 0 Å². The van der Waals surface area contributed by atoms with E-state index in [2.05, 4.69) is 4.74 Å². The number of allylic oxidation sites excluding steroid dienone is 2. The number of methoxy groups -OCH3 is 1. The monoisotopic (exact) mass is 214 g/mol. The Hall–Kier alpha value is -0.476. The zero-order chi connectivity index (χ0) is 9.78. The molecule has 0 aromatic carbocycles. The summed E-state index contributed by atoms with van der Waals surface area (Å²) in [5.74, 6) is -0.0669. The summed E-state index contributed by atoms with van der Waals surface area (Å²) in [6, 6.07) is 0. The van der Waals surface area contributed by atoms with E-state index in [1.54, 1.807) is 0 Å². The summed E-state index contributed by atoms with van der Waals surface area (Å²) in [5.41, 5.74) is 0. The molecule has 0 bridgehead atoms. The molecular weight excluding hydrogens is 208 g/mol. The van der Waals surface area contributed by atoms with Gasteiger partial charge in [0, 0.05) is 0 Å². The Labute approximate surface area is 77.4 Å². The van der Waals surface area contributed by atoms with Crippen LogP contribution in [-0.2, 0) is 21.7 Å². The van der Waals surface area contributed by atoms with E-state index in [1.165, 1.54) is 24.1 Å². The zero-order valence-electron chi connectivity index (χ0n) is 6.22.